The second-order valence-electron chi connectivity index (χ2n) is 4.27. The standard InChI is InChI=1S/C15H11FOS/c16-11-7-5-10(6-8-11)15(17)13-9-18-14-4-2-1-3-12(13)14/h1-8,13H,9H2. The van der Waals surface area contributed by atoms with Crippen LogP contribution in [0.15, 0.2) is 53.4 Å². The molecule has 0 fully saturated rings. The molecule has 0 saturated carbocycles. The molecule has 2 aromatic carbocycles. The van der Waals surface area contributed by atoms with E-state index in [-0.39, 0.29) is 17.5 Å². The lowest BCUT2D eigenvalue weighted by Gasteiger charge is -2.09. The first-order valence-electron chi connectivity index (χ1n) is 5.77. The zero-order chi connectivity index (χ0) is 12.5. The maximum Gasteiger partial charge on any atom is 0.171 e. The van der Waals surface area contributed by atoms with Crippen molar-refractivity contribution in [3.05, 3.63) is 65.5 Å². The van der Waals surface area contributed by atoms with Crippen molar-refractivity contribution in [2.24, 2.45) is 0 Å². The molecule has 0 spiro atoms. The van der Waals surface area contributed by atoms with Gasteiger partial charge in [-0.1, -0.05) is 18.2 Å². The smallest absolute Gasteiger partial charge is 0.171 e. The number of carbonyl (C=O) groups is 1. The van der Waals surface area contributed by atoms with Gasteiger partial charge in [-0.2, -0.15) is 0 Å². The summed E-state index contributed by atoms with van der Waals surface area (Å²) in [5.74, 6) is 0.437. The summed E-state index contributed by atoms with van der Waals surface area (Å²) in [5.41, 5.74) is 1.68. The molecule has 1 nitrogen and oxygen atoms in total. The van der Waals surface area contributed by atoms with Crippen molar-refractivity contribution in [2.75, 3.05) is 5.75 Å². The lowest BCUT2D eigenvalue weighted by molar-refractivity contribution is 0.0968. The van der Waals surface area contributed by atoms with Crippen molar-refractivity contribution in [3.63, 3.8) is 0 Å². The fourth-order valence-corrected chi connectivity index (χ4v) is 3.42. The Labute approximate surface area is 109 Å². The second kappa shape index (κ2) is 4.58. The number of fused-ring (bicyclic) bond motifs is 1. The van der Waals surface area contributed by atoms with Crippen LogP contribution in [0.25, 0.3) is 0 Å². The first-order chi connectivity index (χ1) is 8.75. The SMILES string of the molecule is O=C(c1ccc(F)cc1)C1CSc2ccccc21. The summed E-state index contributed by atoms with van der Waals surface area (Å²) in [6, 6.07) is 13.8. The van der Waals surface area contributed by atoms with Gasteiger partial charge in [-0.15, -0.1) is 11.8 Å². The highest BCUT2D eigenvalue weighted by molar-refractivity contribution is 7.99. The summed E-state index contributed by atoms with van der Waals surface area (Å²) in [5, 5.41) is 0. The van der Waals surface area contributed by atoms with E-state index in [9.17, 15) is 9.18 Å². The van der Waals surface area contributed by atoms with Gasteiger partial charge < -0.3 is 0 Å². The van der Waals surface area contributed by atoms with Crippen molar-refractivity contribution < 1.29 is 9.18 Å². The number of rotatable bonds is 2. The summed E-state index contributed by atoms with van der Waals surface area (Å²) in [6.45, 7) is 0. The third kappa shape index (κ3) is 1.95. The Kier molecular flexibility index (Phi) is 2.92. The molecule has 90 valence electrons. The van der Waals surface area contributed by atoms with Crippen LogP contribution in [0, 0.1) is 5.82 Å². The van der Waals surface area contributed by atoms with Crippen LogP contribution in [0.5, 0.6) is 0 Å². The molecule has 0 aromatic heterocycles. The van der Waals surface area contributed by atoms with Gasteiger partial charge in [0.1, 0.15) is 5.82 Å². The van der Waals surface area contributed by atoms with Crippen molar-refractivity contribution in [3.8, 4) is 0 Å². The first kappa shape index (κ1) is 11.5. The molecule has 0 aliphatic carbocycles. The monoisotopic (exact) mass is 258 g/mol. The van der Waals surface area contributed by atoms with Gasteiger partial charge in [-0.05, 0) is 35.9 Å². The number of halogens is 1. The average molecular weight is 258 g/mol. The molecule has 2 aromatic rings. The third-order valence-electron chi connectivity index (χ3n) is 3.15. The minimum atomic E-state index is -0.312. The highest BCUT2D eigenvalue weighted by Crippen LogP contribution is 2.40. The highest BCUT2D eigenvalue weighted by atomic mass is 32.2. The van der Waals surface area contributed by atoms with Gasteiger partial charge in [0.2, 0.25) is 0 Å². The molecule has 3 heteroatoms. The molecule has 1 aliphatic heterocycles. The van der Waals surface area contributed by atoms with Gasteiger partial charge in [0.15, 0.2) is 5.78 Å². The molecule has 1 atom stereocenters. The summed E-state index contributed by atoms with van der Waals surface area (Å²) < 4.78 is 12.9. The maximum atomic E-state index is 12.9. The molecule has 0 bridgehead atoms. The number of ketones is 1. The predicted molar refractivity (Wildman–Crippen MR) is 70.6 cm³/mol. The van der Waals surface area contributed by atoms with E-state index < -0.39 is 0 Å². The molecule has 0 saturated heterocycles. The van der Waals surface area contributed by atoms with Crippen LogP contribution in [0.4, 0.5) is 4.39 Å². The number of carbonyl (C=O) groups excluding carboxylic acids is 1. The van der Waals surface area contributed by atoms with Gasteiger partial charge in [0, 0.05) is 16.2 Å². The predicted octanol–water partition coefficient (Wildman–Crippen LogP) is 3.90. The maximum absolute atomic E-state index is 12.9. The van der Waals surface area contributed by atoms with E-state index in [4.69, 9.17) is 0 Å². The van der Waals surface area contributed by atoms with E-state index in [2.05, 4.69) is 0 Å². The van der Waals surface area contributed by atoms with Crippen LogP contribution in [0.2, 0.25) is 0 Å². The molecule has 0 amide bonds. The van der Waals surface area contributed by atoms with Crippen LogP contribution < -0.4 is 0 Å². The van der Waals surface area contributed by atoms with E-state index in [0.29, 0.717) is 5.56 Å². The molecule has 3 rings (SSSR count). The number of hydrogen-bond acceptors (Lipinski definition) is 2. The zero-order valence-corrected chi connectivity index (χ0v) is 10.4. The largest absolute Gasteiger partial charge is 0.293 e. The van der Waals surface area contributed by atoms with Crippen molar-refractivity contribution in [1.82, 2.24) is 0 Å². The van der Waals surface area contributed by atoms with E-state index >= 15 is 0 Å². The Bertz CT molecular complexity index is 592. The summed E-state index contributed by atoms with van der Waals surface area (Å²) in [7, 11) is 0. The van der Waals surface area contributed by atoms with Gasteiger partial charge in [0.05, 0.1) is 5.92 Å². The van der Waals surface area contributed by atoms with Gasteiger partial charge in [-0.3, -0.25) is 4.79 Å². The summed E-state index contributed by atoms with van der Waals surface area (Å²) >= 11 is 1.71. The summed E-state index contributed by atoms with van der Waals surface area (Å²) in [4.78, 5) is 13.6. The van der Waals surface area contributed by atoms with Crippen molar-refractivity contribution >= 4 is 17.5 Å². The second-order valence-corrected chi connectivity index (χ2v) is 5.33. The van der Waals surface area contributed by atoms with Crippen LogP contribution in [0.1, 0.15) is 21.8 Å². The molecule has 1 heterocycles. The Morgan fingerprint density at radius 1 is 1.11 bits per heavy atom. The van der Waals surface area contributed by atoms with E-state index in [1.807, 2.05) is 24.3 Å². The fourth-order valence-electron chi connectivity index (χ4n) is 2.20. The Morgan fingerprint density at radius 2 is 1.83 bits per heavy atom. The lowest BCUT2D eigenvalue weighted by Crippen LogP contribution is -2.12. The molecular weight excluding hydrogens is 247 g/mol. The van der Waals surface area contributed by atoms with Crippen LogP contribution in [-0.4, -0.2) is 11.5 Å². The quantitative estimate of drug-likeness (QED) is 0.760. The van der Waals surface area contributed by atoms with E-state index in [0.717, 1.165) is 11.3 Å². The first-order valence-corrected chi connectivity index (χ1v) is 6.76. The minimum Gasteiger partial charge on any atom is -0.293 e. The number of thioether (sulfide) groups is 1. The van der Waals surface area contributed by atoms with Crippen molar-refractivity contribution in [1.29, 1.82) is 0 Å². The van der Waals surface area contributed by atoms with Crippen LogP contribution >= 0.6 is 11.8 Å². The average Bonchev–Trinajstić information content (AvgIpc) is 2.82. The van der Waals surface area contributed by atoms with E-state index in [1.165, 1.54) is 17.0 Å². The lowest BCUT2D eigenvalue weighted by atomic mass is 9.92. The van der Waals surface area contributed by atoms with Crippen LogP contribution in [0.3, 0.4) is 0 Å². The molecular formula is C15H11FOS. The Balaban J connectivity index is 1.93. The zero-order valence-electron chi connectivity index (χ0n) is 9.60. The topological polar surface area (TPSA) is 17.1 Å². The molecule has 1 unspecified atom stereocenters. The minimum absolute atomic E-state index is 0.0763. The Morgan fingerprint density at radius 3 is 2.61 bits per heavy atom. The van der Waals surface area contributed by atoms with Crippen molar-refractivity contribution in [2.45, 2.75) is 10.8 Å². The summed E-state index contributed by atoms with van der Waals surface area (Å²) in [6.07, 6.45) is 0. The number of Topliss-reactive ketones (excluding diaryl/α,β-unsaturated/α-hetero) is 1. The molecule has 0 N–H and O–H groups in total. The Hall–Kier alpha value is -1.61. The van der Waals surface area contributed by atoms with Crippen LogP contribution in [-0.2, 0) is 0 Å². The van der Waals surface area contributed by atoms with E-state index in [1.54, 1.807) is 23.9 Å². The molecule has 18 heavy (non-hydrogen) atoms. The number of benzene rings is 2. The molecule has 1 aliphatic rings. The normalized spacial score (nSPS) is 17.5. The fraction of sp³-hybridized carbons (Fsp3) is 0.133. The van der Waals surface area contributed by atoms with Gasteiger partial charge in [-0.25, -0.2) is 4.39 Å². The van der Waals surface area contributed by atoms with Gasteiger partial charge in [0.25, 0.3) is 0 Å². The highest BCUT2D eigenvalue weighted by Gasteiger charge is 2.29. The number of hydrogen-bond donors (Lipinski definition) is 0. The molecule has 0 radical (unpaired) electrons. The van der Waals surface area contributed by atoms with Gasteiger partial charge >= 0.3 is 0 Å². The third-order valence-corrected chi connectivity index (χ3v) is 4.33.